The lowest BCUT2D eigenvalue weighted by Crippen LogP contribution is -1.95. The van der Waals surface area contributed by atoms with E-state index in [0.717, 1.165) is 0 Å². The third-order valence-electron chi connectivity index (χ3n) is 14.4. The van der Waals surface area contributed by atoms with Crippen LogP contribution in [0.4, 0.5) is 0 Å². The summed E-state index contributed by atoms with van der Waals surface area (Å²) in [7, 11) is 0. The fourth-order valence-corrected chi connectivity index (χ4v) is 11.8. The Morgan fingerprint density at radius 3 is 1.03 bits per heavy atom. The average Bonchev–Trinajstić information content (AvgIpc) is 3.87. The van der Waals surface area contributed by atoms with Crippen molar-refractivity contribution in [2.75, 3.05) is 0 Å². The SMILES string of the molecule is Cc1ccccc1-c1cccc(-c2c3c(c(-c4ccccc4)c4ccccc24)-c2ccc4c5c(ccc-3c25)-c2c-4c(-c3ccccc3)c3cc4ccccc4cc3c2-c2ccccc2)c1. The van der Waals surface area contributed by atoms with Crippen molar-refractivity contribution in [2.24, 2.45) is 0 Å². The van der Waals surface area contributed by atoms with Crippen molar-refractivity contribution in [1.82, 2.24) is 0 Å². The zero-order valence-electron chi connectivity index (χ0n) is 35.9. The van der Waals surface area contributed by atoms with Crippen LogP contribution in [0.15, 0.2) is 224 Å². The molecule has 0 atom stereocenters. The number of fused-ring (bicyclic) bond motifs is 9. The van der Waals surface area contributed by atoms with Crippen LogP contribution in [0, 0.1) is 6.92 Å². The molecule has 0 aromatic heterocycles. The summed E-state index contributed by atoms with van der Waals surface area (Å²) in [5.41, 5.74) is 24.4. The standard InChI is InChI=1S/C65H40/c1-39-18-11-14-29-47(39)45-27-17-28-46(36-45)59-49-31-16-15-30-48(49)56(40-19-5-2-6-20-40)62-50-32-33-51-61-52(34-35-53(60(50)61)65(59)62)64-58(42-23-9-4-10-24-42)55-38-44-26-13-12-25-43(44)37-54(55)57(63(51)64)41-21-7-3-8-22-41/h2-38H,1H3. The van der Waals surface area contributed by atoms with Gasteiger partial charge >= 0.3 is 0 Å². The van der Waals surface area contributed by atoms with E-state index in [2.05, 4.69) is 231 Å². The fourth-order valence-electron chi connectivity index (χ4n) is 11.8. The summed E-state index contributed by atoms with van der Waals surface area (Å²) in [6.45, 7) is 2.22. The molecule has 0 fully saturated rings. The second-order valence-electron chi connectivity index (χ2n) is 17.9. The first-order valence-electron chi connectivity index (χ1n) is 22.8. The molecular formula is C65H40. The molecule has 0 heteroatoms. The van der Waals surface area contributed by atoms with E-state index < -0.39 is 0 Å². The molecule has 0 radical (unpaired) electrons. The summed E-state index contributed by atoms with van der Waals surface area (Å²) in [5, 5.41) is 10.3. The van der Waals surface area contributed by atoms with Gasteiger partial charge in [-0.15, -0.1) is 0 Å². The van der Waals surface area contributed by atoms with Gasteiger partial charge in [-0.05, 0) is 174 Å². The van der Waals surface area contributed by atoms with Crippen molar-refractivity contribution in [2.45, 2.75) is 6.92 Å². The topological polar surface area (TPSA) is 0 Å². The van der Waals surface area contributed by atoms with Gasteiger partial charge in [0.1, 0.15) is 0 Å². The number of aryl methyl sites for hydroxylation is 1. The molecule has 0 spiro atoms. The number of benzene rings is 12. The third-order valence-corrected chi connectivity index (χ3v) is 14.4. The van der Waals surface area contributed by atoms with Gasteiger partial charge in [-0.2, -0.15) is 0 Å². The minimum Gasteiger partial charge on any atom is -0.0622 e. The van der Waals surface area contributed by atoms with Gasteiger partial charge in [-0.3, -0.25) is 0 Å². The first kappa shape index (κ1) is 36.2. The number of hydrogen-bond donors (Lipinski definition) is 0. The quantitative estimate of drug-likeness (QED) is 0.152. The van der Waals surface area contributed by atoms with Gasteiger partial charge in [0.2, 0.25) is 0 Å². The number of rotatable bonds is 5. The molecule has 2 aliphatic carbocycles. The van der Waals surface area contributed by atoms with E-state index >= 15 is 0 Å². The fraction of sp³-hybridized carbons (Fsp3) is 0.0154. The van der Waals surface area contributed by atoms with Gasteiger partial charge in [0.25, 0.3) is 0 Å². The van der Waals surface area contributed by atoms with Gasteiger partial charge < -0.3 is 0 Å². The average molecular weight is 821 g/mol. The van der Waals surface area contributed by atoms with Crippen molar-refractivity contribution in [1.29, 1.82) is 0 Å². The Balaban J connectivity index is 1.15. The van der Waals surface area contributed by atoms with Crippen LogP contribution in [0.2, 0.25) is 0 Å². The minimum absolute atomic E-state index is 1.23. The maximum absolute atomic E-state index is 2.46. The lowest BCUT2D eigenvalue weighted by atomic mass is 9.81. The molecule has 12 aromatic rings. The maximum Gasteiger partial charge on any atom is -0.000740 e. The Labute approximate surface area is 378 Å². The maximum atomic E-state index is 2.46. The van der Waals surface area contributed by atoms with E-state index in [0.29, 0.717) is 0 Å². The van der Waals surface area contributed by atoms with Crippen LogP contribution in [0.1, 0.15) is 5.56 Å². The van der Waals surface area contributed by atoms with Crippen LogP contribution >= 0.6 is 0 Å². The molecule has 12 aromatic carbocycles. The van der Waals surface area contributed by atoms with E-state index in [1.54, 1.807) is 0 Å². The summed E-state index contributed by atoms with van der Waals surface area (Å²) in [5.74, 6) is 0. The molecule has 65 heavy (non-hydrogen) atoms. The van der Waals surface area contributed by atoms with Crippen molar-refractivity contribution in [3.05, 3.63) is 230 Å². The lowest BCUT2D eigenvalue weighted by molar-refractivity contribution is 1.46. The second-order valence-corrected chi connectivity index (χ2v) is 17.9. The Kier molecular flexibility index (Phi) is 7.71. The summed E-state index contributed by atoms with van der Waals surface area (Å²) < 4.78 is 0. The van der Waals surface area contributed by atoms with Gasteiger partial charge in [0.15, 0.2) is 0 Å². The highest BCUT2D eigenvalue weighted by Gasteiger charge is 2.37. The molecule has 0 nitrogen and oxygen atoms in total. The zero-order chi connectivity index (χ0) is 42.8. The Bertz CT molecular complexity index is 3860. The summed E-state index contributed by atoms with van der Waals surface area (Å²) >= 11 is 0. The van der Waals surface area contributed by atoms with E-state index in [-0.39, 0.29) is 0 Å². The van der Waals surface area contributed by atoms with Crippen LogP contribution in [0.3, 0.4) is 0 Å². The predicted octanol–water partition coefficient (Wildman–Crippen LogP) is 18.2. The monoisotopic (exact) mass is 820 g/mol. The van der Waals surface area contributed by atoms with Crippen molar-refractivity contribution in [3.63, 3.8) is 0 Å². The molecule has 0 N–H and O–H groups in total. The third kappa shape index (κ3) is 5.14. The molecule has 0 aliphatic heterocycles. The normalized spacial score (nSPS) is 12.1. The molecular weight excluding hydrogens is 781 g/mol. The molecule has 300 valence electrons. The van der Waals surface area contributed by atoms with Gasteiger partial charge in [0.05, 0.1) is 0 Å². The van der Waals surface area contributed by atoms with E-state index in [9.17, 15) is 0 Å². The molecule has 0 unspecified atom stereocenters. The molecule has 0 heterocycles. The first-order chi connectivity index (χ1) is 32.2. The highest BCUT2D eigenvalue weighted by Crippen LogP contribution is 2.64. The largest absolute Gasteiger partial charge is 0.0622 e. The lowest BCUT2D eigenvalue weighted by Gasteiger charge is -2.22. The molecule has 2 aliphatic rings. The van der Waals surface area contributed by atoms with Crippen molar-refractivity contribution < 1.29 is 0 Å². The second kappa shape index (κ2) is 13.8. The molecule has 0 saturated carbocycles. The van der Waals surface area contributed by atoms with Gasteiger partial charge in [-0.25, -0.2) is 0 Å². The van der Waals surface area contributed by atoms with E-state index in [1.807, 2.05) is 0 Å². The summed E-state index contributed by atoms with van der Waals surface area (Å²) in [6, 6.07) is 84.0. The smallest absolute Gasteiger partial charge is 0.000740 e. The van der Waals surface area contributed by atoms with Gasteiger partial charge in [0, 0.05) is 0 Å². The van der Waals surface area contributed by atoms with Gasteiger partial charge in [-0.1, -0.05) is 206 Å². The highest BCUT2D eigenvalue weighted by molar-refractivity contribution is 6.35. The van der Waals surface area contributed by atoms with E-state index in [4.69, 9.17) is 0 Å². The molecule has 0 amide bonds. The van der Waals surface area contributed by atoms with Crippen molar-refractivity contribution in [3.8, 4) is 100 Å². The van der Waals surface area contributed by atoms with Crippen LogP contribution in [0.25, 0.3) is 143 Å². The summed E-state index contributed by atoms with van der Waals surface area (Å²) in [6.07, 6.45) is 0. The minimum atomic E-state index is 1.23. The predicted molar refractivity (Wildman–Crippen MR) is 277 cm³/mol. The molecule has 14 rings (SSSR count). The van der Waals surface area contributed by atoms with E-state index in [1.165, 1.54) is 149 Å². The van der Waals surface area contributed by atoms with Crippen molar-refractivity contribution >= 4 is 43.1 Å². The Morgan fingerprint density at radius 2 is 0.569 bits per heavy atom. The van der Waals surface area contributed by atoms with Crippen LogP contribution in [-0.2, 0) is 0 Å². The summed E-state index contributed by atoms with van der Waals surface area (Å²) in [4.78, 5) is 0. The van der Waals surface area contributed by atoms with Crippen LogP contribution in [-0.4, -0.2) is 0 Å². The highest BCUT2D eigenvalue weighted by atomic mass is 14.4. The zero-order valence-corrected chi connectivity index (χ0v) is 35.9. The molecule has 0 saturated heterocycles. The number of hydrogen-bond acceptors (Lipinski definition) is 0. The molecule has 0 bridgehead atoms. The first-order valence-corrected chi connectivity index (χ1v) is 22.8. The Hall–Kier alpha value is -8.32. The van der Waals surface area contributed by atoms with Crippen LogP contribution in [0.5, 0.6) is 0 Å². The Morgan fingerprint density at radius 1 is 0.215 bits per heavy atom. The van der Waals surface area contributed by atoms with Crippen LogP contribution < -0.4 is 0 Å².